The maximum Gasteiger partial charge on any atom is 0.321 e. The second kappa shape index (κ2) is 4.62. The number of nitrogens with zero attached hydrogens (tertiary/aromatic N) is 1. The first-order chi connectivity index (χ1) is 8.10. The van der Waals surface area contributed by atoms with Crippen molar-refractivity contribution in [2.45, 2.75) is 6.92 Å². The zero-order valence-corrected chi connectivity index (χ0v) is 9.70. The van der Waals surface area contributed by atoms with E-state index in [9.17, 15) is 13.6 Å². The van der Waals surface area contributed by atoms with Crippen LogP contribution in [0.1, 0.15) is 6.92 Å². The monoisotopic (exact) mass is 257 g/mol. The predicted octanol–water partition coefficient (Wildman–Crippen LogP) is 2.72. The lowest BCUT2D eigenvalue weighted by atomic mass is 10.3. The van der Waals surface area contributed by atoms with Gasteiger partial charge in [0.15, 0.2) is 5.13 Å². The van der Waals surface area contributed by atoms with Crippen molar-refractivity contribution in [3.63, 3.8) is 0 Å². The fourth-order valence-corrected chi connectivity index (χ4v) is 2.16. The average molecular weight is 257 g/mol. The molecule has 0 saturated carbocycles. The summed E-state index contributed by atoms with van der Waals surface area (Å²) in [5.41, 5.74) is 0.194. The van der Waals surface area contributed by atoms with E-state index >= 15 is 0 Å². The van der Waals surface area contributed by atoms with E-state index in [1.54, 1.807) is 6.92 Å². The molecule has 2 amide bonds. The summed E-state index contributed by atoms with van der Waals surface area (Å²) in [6.45, 7) is 2.24. The average Bonchev–Trinajstić information content (AvgIpc) is 2.60. The van der Waals surface area contributed by atoms with Crippen molar-refractivity contribution < 1.29 is 13.6 Å². The van der Waals surface area contributed by atoms with E-state index in [1.807, 2.05) is 0 Å². The molecule has 0 aliphatic rings. The molecule has 90 valence electrons. The van der Waals surface area contributed by atoms with Crippen LogP contribution in [0.25, 0.3) is 10.2 Å². The van der Waals surface area contributed by atoms with Crippen LogP contribution < -0.4 is 10.6 Å². The van der Waals surface area contributed by atoms with Crippen LogP contribution in [0.3, 0.4) is 0 Å². The van der Waals surface area contributed by atoms with Gasteiger partial charge >= 0.3 is 6.03 Å². The van der Waals surface area contributed by atoms with Crippen molar-refractivity contribution in [2.75, 3.05) is 11.9 Å². The van der Waals surface area contributed by atoms with E-state index in [-0.39, 0.29) is 15.3 Å². The number of hydrogen-bond donors (Lipinski definition) is 2. The molecular weight excluding hydrogens is 248 g/mol. The molecule has 0 spiro atoms. The Kier molecular flexibility index (Phi) is 3.19. The number of urea groups is 1. The molecule has 2 rings (SSSR count). The summed E-state index contributed by atoms with van der Waals surface area (Å²) in [6, 6.07) is 1.49. The minimum atomic E-state index is -0.690. The third-order valence-electron chi connectivity index (χ3n) is 1.97. The van der Waals surface area contributed by atoms with Gasteiger partial charge in [-0.15, -0.1) is 0 Å². The van der Waals surface area contributed by atoms with Crippen molar-refractivity contribution in [1.82, 2.24) is 10.3 Å². The second-order valence-electron chi connectivity index (χ2n) is 3.24. The van der Waals surface area contributed by atoms with E-state index in [1.165, 1.54) is 0 Å². The standard InChI is InChI=1S/C10H9F2N3OS/c1-2-13-9(16)15-10-14-7-4-5(11)3-6(12)8(7)17-10/h3-4H,2H2,1H3,(H2,13,14,15,16). The summed E-state index contributed by atoms with van der Waals surface area (Å²) in [6.07, 6.45) is 0. The smallest absolute Gasteiger partial charge is 0.321 e. The van der Waals surface area contributed by atoms with Crippen LogP contribution in [-0.4, -0.2) is 17.6 Å². The number of nitrogens with one attached hydrogen (secondary N) is 2. The van der Waals surface area contributed by atoms with Gasteiger partial charge in [0.25, 0.3) is 0 Å². The largest absolute Gasteiger partial charge is 0.338 e. The molecule has 2 aromatic rings. The summed E-state index contributed by atoms with van der Waals surface area (Å²) in [5, 5.41) is 5.19. The zero-order chi connectivity index (χ0) is 12.4. The first-order valence-electron chi connectivity index (χ1n) is 4.90. The number of benzene rings is 1. The van der Waals surface area contributed by atoms with E-state index in [4.69, 9.17) is 0 Å². The molecule has 1 aromatic heterocycles. The number of hydrogen-bond acceptors (Lipinski definition) is 3. The molecule has 17 heavy (non-hydrogen) atoms. The van der Waals surface area contributed by atoms with Crippen LogP contribution in [0.4, 0.5) is 18.7 Å². The lowest BCUT2D eigenvalue weighted by molar-refractivity contribution is 0.252. The van der Waals surface area contributed by atoms with Gasteiger partial charge < -0.3 is 5.32 Å². The first-order valence-corrected chi connectivity index (χ1v) is 5.72. The van der Waals surface area contributed by atoms with Gasteiger partial charge in [-0.3, -0.25) is 5.32 Å². The summed E-state index contributed by atoms with van der Waals surface area (Å²) in [4.78, 5) is 15.1. The minimum Gasteiger partial charge on any atom is -0.338 e. The van der Waals surface area contributed by atoms with Crippen LogP contribution in [-0.2, 0) is 0 Å². The van der Waals surface area contributed by atoms with E-state index in [0.29, 0.717) is 6.54 Å². The Morgan fingerprint density at radius 3 is 2.94 bits per heavy atom. The molecule has 0 unspecified atom stereocenters. The number of halogens is 2. The highest BCUT2D eigenvalue weighted by Gasteiger charge is 2.11. The van der Waals surface area contributed by atoms with E-state index in [2.05, 4.69) is 15.6 Å². The number of carbonyl (C=O) groups is 1. The molecule has 0 aliphatic carbocycles. The second-order valence-corrected chi connectivity index (χ2v) is 4.24. The Labute approximate surface area is 99.7 Å². The highest BCUT2D eigenvalue weighted by molar-refractivity contribution is 7.22. The highest BCUT2D eigenvalue weighted by atomic mass is 32.1. The van der Waals surface area contributed by atoms with Gasteiger partial charge in [-0.2, -0.15) is 0 Å². The number of carbonyl (C=O) groups excluding carboxylic acids is 1. The topological polar surface area (TPSA) is 54.0 Å². The van der Waals surface area contributed by atoms with Crippen LogP contribution in [0.2, 0.25) is 0 Å². The van der Waals surface area contributed by atoms with Gasteiger partial charge in [-0.05, 0) is 6.92 Å². The molecule has 0 bridgehead atoms. The molecule has 0 radical (unpaired) electrons. The van der Waals surface area contributed by atoms with E-state index < -0.39 is 17.7 Å². The van der Waals surface area contributed by atoms with Gasteiger partial charge in [0.2, 0.25) is 0 Å². The molecule has 4 nitrogen and oxygen atoms in total. The third kappa shape index (κ3) is 2.50. The van der Waals surface area contributed by atoms with Gasteiger partial charge in [0.05, 0.1) is 10.2 Å². The molecule has 0 atom stereocenters. The van der Waals surface area contributed by atoms with Crippen LogP contribution in [0.5, 0.6) is 0 Å². The lowest BCUT2D eigenvalue weighted by Crippen LogP contribution is -2.28. The van der Waals surface area contributed by atoms with Crippen LogP contribution >= 0.6 is 11.3 Å². The van der Waals surface area contributed by atoms with Gasteiger partial charge in [0, 0.05) is 18.7 Å². The molecular formula is C10H9F2N3OS. The van der Waals surface area contributed by atoms with Crippen molar-refractivity contribution >= 4 is 32.7 Å². The van der Waals surface area contributed by atoms with Crippen molar-refractivity contribution in [3.05, 3.63) is 23.8 Å². The van der Waals surface area contributed by atoms with E-state index in [0.717, 1.165) is 23.5 Å². The number of anilines is 1. The highest BCUT2D eigenvalue weighted by Crippen LogP contribution is 2.28. The third-order valence-corrected chi connectivity index (χ3v) is 2.96. The van der Waals surface area contributed by atoms with Crippen LogP contribution in [0.15, 0.2) is 12.1 Å². The minimum absolute atomic E-state index is 0.194. The quantitative estimate of drug-likeness (QED) is 0.869. The number of fused-ring (bicyclic) bond motifs is 1. The number of amides is 2. The van der Waals surface area contributed by atoms with Gasteiger partial charge in [0.1, 0.15) is 11.6 Å². The molecule has 0 aliphatic heterocycles. The van der Waals surface area contributed by atoms with Gasteiger partial charge in [-0.25, -0.2) is 18.6 Å². The Hall–Kier alpha value is -1.76. The normalized spacial score (nSPS) is 10.5. The fourth-order valence-electron chi connectivity index (χ4n) is 1.32. The Morgan fingerprint density at radius 2 is 2.24 bits per heavy atom. The van der Waals surface area contributed by atoms with Crippen molar-refractivity contribution in [2.24, 2.45) is 0 Å². The first kappa shape index (κ1) is 11.7. The maximum absolute atomic E-state index is 13.3. The SMILES string of the molecule is CCNC(=O)Nc1nc2cc(F)cc(F)c2s1. The van der Waals surface area contributed by atoms with Crippen molar-refractivity contribution in [3.8, 4) is 0 Å². The molecule has 1 heterocycles. The summed E-state index contributed by atoms with van der Waals surface area (Å²) < 4.78 is 26.5. The summed E-state index contributed by atoms with van der Waals surface area (Å²) >= 11 is 0.962. The number of thiazole rings is 1. The maximum atomic E-state index is 13.3. The molecule has 0 saturated heterocycles. The molecule has 0 fully saturated rings. The number of rotatable bonds is 2. The summed E-state index contributed by atoms with van der Waals surface area (Å²) in [5.74, 6) is -1.37. The fraction of sp³-hybridized carbons (Fsp3) is 0.200. The zero-order valence-electron chi connectivity index (χ0n) is 8.88. The Bertz CT molecular complexity index is 570. The molecule has 2 N–H and O–H groups in total. The van der Waals surface area contributed by atoms with Crippen LogP contribution in [0, 0.1) is 11.6 Å². The number of aromatic nitrogens is 1. The predicted molar refractivity (Wildman–Crippen MR) is 62.2 cm³/mol. The van der Waals surface area contributed by atoms with Crippen molar-refractivity contribution in [1.29, 1.82) is 0 Å². The van der Waals surface area contributed by atoms with Gasteiger partial charge in [-0.1, -0.05) is 11.3 Å². The summed E-state index contributed by atoms with van der Waals surface area (Å²) in [7, 11) is 0. The molecule has 7 heteroatoms. The molecule has 1 aromatic carbocycles. The Morgan fingerprint density at radius 1 is 1.47 bits per heavy atom. The lowest BCUT2D eigenvalue weighted by Gasteiger charge is -2.00. The Balaban J connectivity index is 2.32.